The fraction of sp³-hybridized carbons (Fsp3) is 0.138. The van der Waals surface area contributed by atoms with Crippen molar-refractivity contribution >= 4 is 217 Å². The van der Waals surface area contributed by atoms with Crippen LogP contribution in [0, 0.1) is 0 Å². The minimum atomic E-state index is -4.67. The molecule has 7 N–H and O–H groups in total. The number of nitrogens with zero attached hydrogens (tertiary/aromatic N) is 8. The van der Waals surface area contributed by atoms with Gasteiger partial charge in [0, 0.05) is 53.9 Å². The molecule has 0 radical (unpaired) electrons. The molecular weight excluding hydrogens is 2460 g/mol. The number of aromatic nitrogens is 8. The molecule has 12 aromatic rings. The number of pyridine rings is 8. The number of rotatable bonds is 30. The molecule has 0 aliphatic carbocycles. The van der Waals surface area contributed by atoms with Crippen LogP contribution in [0.2, 0.25) is 0 Å². The number of carboxylic acid groups (broad SMARTS) is 1. The second-order valence-corrected chi connectivity index (χ2v) is 33.2. The monoisotopic (exact) mass is 2530 g/mol. The summed E-state index contributed by atoms with van der Waals surface area (Å²) in [6, 6.07) is 54.0. The van der Waals surface area contributed by atoms with E-state index in [-0.39, 0.29) is 87.4 Å². The summed E-state index contributed by atoms with van der Waals surface area (Å²) in [6.07, 6.45) is 14.1. The van der Waals surface area contributed by atoms with Crippen molar-refractivity contribution in [3.8, 4) is 46.0 Å². The van der Waals surface area contributed by atoms with Crippen LogP contribution in [0.1, 0.15) is 128 Å². The van der Waals surface area contributed by atoms with Gasteiger partial charge in [0.1, 0.15) is 47.1 Å². The fourth-order valence-electron chi connectivity index (χ4n) is 9.93. The third-order valence-electron chi connectivity index (χ3n) is 16.3. The summed E-state index contributed by atoms with van der Waals surface area (Å²) >= 11 is 25.7. The van der Waals surface area contributed by atoms with Gasteiger partial charge in [-0.2, -0.15) is 8.42 Å². The molecule has 0 amide bonds. The van der Waals surface area contributed by atoms with Gasteiger partial charge < -0.3 is 91.8 Å². The predicted molar refractivity (Wildman–Crippen MR) is 546 cm³/mol. The summed E-state index contributed by atoms with van der Waals surface area (Å²) in [5.74, 6) is -5.12. The minimum absolute atomic E-state index is 0.0525. The minimum Gasteiger partial charge on any atom is -0.505 e. The van der Waals surface area contributed by atoms with Crippen molar-refractivity contribution in [1.82, 2.24) is 39.9 Å². The van der Waals surface area contributed by atoms with E-state index < -0.39 is 68.0 Å². The molecule has 0 saturated heterocycles. The molecular formula is C94H84Br8N8O34S. The average molecular weight is 2540 g/mol. The maximum atomic E-state index is 11.9. The average Bonchev–Trinajstić information content (AvgIpc) is 0.809. The Balaban J connectivity index is 0.000000424. The molecule has 51 heteroatoms. The molecule has 0 aliphatic heterocycles. The second kappa shape index (κ2) is 69.5. The summed E-state index contributed by atoms with van der Waals surface area (Å²) in [6.45, 7) is 5.27. The lowest BCUT2D eigenvalue weighted by Crippen LogP contribution is -2.12. The lowest BCUT2D eigenvalue weighted by molar-refractivity contribution is -0.129. The van der Waals surface area contributed by atoms with Gasteiger partial charge in [0.05, 0.1) is 80.5 Å². The summed E-state index contributed by atoms with van der Waals surface area (Å²) in [7, 11) is 4.17. The van der Waals surface area contributed by atoms with E-state index in [2.05, 4.69) is 207 Å². The van der Waals surface area contributed by atoms with Crippen LogP contribution in [0.5, 0.6) is 46.0 Å². The third-order valence-corrected chi connectivity index (χ3v) is 21.6. The molecule has 42 nitrogen and oxygen atoms in total. The fourth-order valence-corrected chi connectivity index (χ4v) is 13.8. The molecule has 8 heterocycles. The topological polar surface area (TPSA) is 596 Å². The quantitative estimate of drug-likeness (QED) is 0.00418. The zero-order chi connectivity index (χ0) is 108. The first-order valence-corrected chi connectivity index (χ1v) is 47.7. The van der Waals surface area contributed by atoms with E-state index in [1.165, 1.54) is 129 Å². The Bertz CT molecular complexity index is 6410. The van der Waals surface area contributed by atoms with Crippen molar-refractivity contribution in [2.24, 2.45) is 0 Å². The molecule has 2 unspecified atom stereocenters. The summed E-state index contributed by atoms with van der Waals surface area (Å²) in [5.41, 5.74) is 5.38. The SMILES string of the molecule is C=COC=O.COC(=O)c1nc(Br)cc(Br)c1O.COC(=O)c1nc(Br)cc(Br)c1OCc1ccccc1.COC(=O)c1nccc(/C=C/OC=O)c1OCc1ccccc1.COC(=O)c1nccc(/C=C\Br)c1OCc1ccccc1.COC(=O)c1nccc(Br)c1OCc1ccccc1.COC(=O)c1nccc(C(Br)C(Br)OC=O)c1O.COC(=O)c1ncccc1O.O=C(O)c1ncccc1O.O=S(=O)(O)O. The summed E-state index contributed by atoms with van der Waals surface area (Å²) in [4.78, 5) is 152. The normalized spacial score (nSPS) is 10.4. The van der Waals surface area contributed by atoms with Gasteiger partial charge in [0.15, 0.2) is 85.1 Å². The predicted octanol–water partition coefficient (Wildman–Crippen LogP) is 18.3. The van der Waals surface area contributed by atoms with Crippen LogP contribution < -0.4 is 18.9 Å². The number of aromatic carboxylic acids is 1. The highest BCUT2D eigenvalue weighted by Gasteiger charge is 2.28. The highest BCUT2D eigenvalue weighted by Crippen LogP contribution is 2.39. The molecule has 145 heavy (non-hydrogen) atoms. The molecule has 4 aromatic carbocycles. The van der Waals surface area contributed by atoms with E-state index in [1.54, 1.807) is 41.5 Å². The van der Waals surface area contributed by atoms with Gasteiger partial charge in [-0.05, 0) is 196 Å². The van der Waals surface area contributed by atoms with Crippen LogP contribution in [0.4, 0.5) is 0 Å². The summed E-state index contributed by atoms with van der Waals surface area (Å²) in [5, 5.41) is 44.8. The standard InChI is InChI=1S/C17H15NO5.C16H14BrNO3.C14H11Br2NO3.C14H12BrNO3.C10H9Br2NO5.C7H5Br2NO3.C7H7NO3.C6H5NO3.C3H4O2.H2O4S/c1-21-17(20)15-16(23-11-13-5-3-2-4-6-13)14(7-9-18-15)8-10-22-12-19;1-20-16(19)14-15(13(7-9-17)8-10-18-14)21-11-12-5-3-2-4-6-12;1-19-14(18)12-13(10(15)7-11(16)17-12)20-8-9-5-3-2-4-6-9;1-18-14(17)12-13(11(15)7-8-16-12)19-9-10-5-3-2-4-6-10;1-17-10(16)7-8(15)5(2-3-13-7)6(11)9(12)18-4-14;1-13-7(12)5-6(11)3(8)2-4(9)10-5;1-11-7(10)6-5(9)3-2-4-8-6;8-4-2-1-3-7-5(4)6(9)10;1-2-5-3-4;1-5(2,3)4/h2-10,12H,11H2,1H3;2-10H,11H2,1H3;2-7H,8H2,1H3;2-8H,9H2,1H3;2-4,6,9,15H,1H3;2,11H,1H3;2-4,9H,1H3;1-3,8H,(H,9,10);2-3H,1H2;(H2,1,2,3,4)/b10-8+;9-7-;;;;;;;;. The number of carboxylic acids is 1. The Morgan fingerprint density at radius 3 is 1.08 bits per heavy atom. The smallest absolute Gasteiger partial charge is 0.394 e. The molecule has 0 aliphatic rings. The zero-order valence-electron chi connectivity index (χ0n) is 76.3. The van der Waals surface area contributed by atoms with E-state index in [0.29, 0.717) is 83.8 Å². The number of carbonyl (C=O) groups is 11. The highest BCUT2D eigenvalue weighted by molar-refractivity contribution is 9.12. The lowest BCUT2D eigenvalue weighted by atomic mass is 10.1. The Morgan fingerprint density at radius 1 is 0.379 bits per heavy atom. The van der Waals surface area contributed by atoms with Gasteiger partial charge in [-0.15, -0.1) is 0 Å². The van der Waals surface area contributed by atoms with E-state index in [1.807, 2.05) is 121 Å². The summed E-state index contributed by atoms with van der Waals surface area (Å²) < 4.78 is 102. The first kappa shape index (κ1) is 125. The van der Waals surface area contributed by atoms with Crippen molar-refractivity contribution in [3.63, 3.8) is 0 Å². The van der Waals surface area contributed by atoms with Gasteiger partial charge in [0.2, 0.25) is 0 Å². The lowest BCUT2D eigenvalue weighted by Gasteiger charge is -2.17. The second-order valence-electron chi connectivity index (χ2n) is 25.7. The highest BCUT2D eigenvalue weighted by atomic mass is 79.9. The number of hydrogen-bond acceptors (Lipinski definition) is 39. The number of alkyl halides is 2. The number of hydrogen-bond donors (Lipinski definition) is 7. The Hall–Kier alpha value is -14.4. The number of carbonyl (C=O) groups excluding carboxylic acids is 10. The van der Waals surface area contributed by atoms with Crippen LogP contribution in [0.3, 0.4) is 0 Å². The van der Waals surface area contributed by atoms with E-state index in [9.17, 15) is 58.2 Å². The van der Waals surface area contributed by atoms with Crippen molar-refractivity contribution < 1.29 is 162 Å². The number of esters is 7. The first-order chi connectivity index (χ1) is 69.3. The van der Waals surface area contributed by atoms with E-state index >= 15 is 0 Å². The van der Waals surface area contributed by atoms with Crippen LogP contribution in [-0.4, -0.2) is 205 Å². The van der Waals surface area contributed by atoms with Gasteiger partial charge in [-0.3, -0.25) is 23.5 Å². The van der Waals surface area contributed by atoms with Gasteiger partial charge in [-0.1, -0.05) is 160 Å². The molecule has 0 fully saturated rings. The van der Waals surface area contributed by atoms with Crippen molar-refractivity contribution in [2.45, 2.75) is 36.3 Å². The maximum absolute atomic E-state index is 11.9. The van der Waals surface area contributed by atoms with Crippen molar-refractivity contribution in [2.75, 3.05) is 49.8 Å². The number of benzene rings is 4. The first-order valence-electron chi connectivity index (χ1n) is 39.6. The van der Waals surface area contributed by atoms with Gasteiger partial charge >= 0.3 is 58.2 Å². The van der Waals surface area contributed by atoms with Crippen LogP contribution in [-0.2, 0) is 98.6 Å². The van der Waals surface area contributed by atoms with Crippen LogP contribution in [0.15, 0.2) is 266 Å². The third kappa shape index (κ3) is 45.8. The molecule has 2 atom stereocenters. The number of aromatic hydroxyl groups is 4. The molecule has 12 rings (SSSR count). The van der Waals surface area contributed by atoms with E-state index in [4.69, 9.17) is 70.8 Å². The van der Waals surface area contributed by atoms with Gasteiger partial charge in [0.25, 0.3) is 19.4 Å². The number of halogens is 8. The van der Waals surface area contributed by atoms with Gasteiger partial charge in [-0.25, -0.2) is 78.2 Å². The Labute approximate surface area is 894 Å². The largest absolute Gasteiger partial charge is 0.505 e. The number of ether oxygens (including phenoxy) is 14. The maximum Gasteiger partial charge on any atom is 0.394 e. The molecule has 766 valence electrons. The molecule has 0 spiro atoms. The van der Waals surface area contributed by atoms with Crippen LogP contribution in [0.25, 0.3) is 12.2 Å². The molecule has 0 saturated carbocycles. The van der Waals surface area contributed by atoms with Crippen LogP contribution >= 0.6 is 127 Å². The Kier molecular flexibility index (Phi) is 59.8. The Morgan fingerprint density at radius 2 is 0.710 bits per heavy atom. The zero-order valence-corrected chi connectivity index (χ0v) is 89.8. The number of methoxy groups -OCH3 is 7. The van der Waals surface area contributed by atoms with E-state index in [0.717, 1.165) is 34.1 Å². The molecule has 8 aromatic heterocycles. The van der Waals surface area contributed by atoms with Crippen molar-refractivity contribution in [3.05, 3.63) is 350 Å². The van der Waals surface area contributed by atoms with Crippen molar-refractivity contribution in [1.29, 1.82) is 0 Å². The molecule has 0 bridgehead atoms.